The topological polar surface area (TPSA) is 181 Å². The van der Waals surface area contributed by atoms with Crippen LogP contribution in [0.15, 0.2) is 34.1 Å². The lowest BCUT2D eigenvalue weighted by molar-refractivity contribution is -0.00634. The fraction of sp³-hybridized carbons (Fsp3) is 0.500. The molecule has 0 amide bonds. The van der Waals surface area contributed by atoms with Crippen LogP contribution in [0.5, 0.6) is 0 Å². The van der Waals surface area contributed by atoms with Crippen LogP contribution in [0.1, 0.15) is 12.5 Å². The molecule has 2 saturated heterocycles. The Labute approximate surface area is 179 Å². The van der Waals surface area contributed by atoms with Crippen molar-refractivity contribution >= 4 is 35.2 Å². The quantitative estimate of drug-likeness (QED) is 0.431. The number of hydrogen-bond donors (Lipinski definition) is 4. The van der Waals surface area contributed by atoms with Crippen LogP contribution in [0.3, 0.4) is 0 Å². The maximum absolute atomic E-state index is 11.4. The lowest BCUT2D eigenvalue weighted by Gasteiger charge is -2.13. The van der Waals surface area contributed by atoms with Crippen molar-refractivity contribution in [1.82, 2.24) is 19.1 Å². The Balaban J connectivity index is 0.000000171. The molecular weight excluding hydrogens is 436 g/mol. The molecule has 4 rings (SSSR count). The molecule has 0 aliphatic carbocycles. The molecule has 2 aromatic rings. The second-order valence-corrected chi connectivity index (χ2v) is 8.54. The first kappa shape index (κ1) is 22.6. The number of aliphatic hydroxyl groups excluding tert-OH is 2. The number of rotatable bonds is 4. The van der Waals surface area contributed by atoms with Crippen LogP contribution in [0.25, 0.3) is 0 Å². The maximum Gasteiger partial charge on any atom is 0.351 e. The van der Waals surface area contributed by atoms with E-state index in [1.54, 1.807) is 24.5 Å². The van der Waals surface area contributed by atoms with E-state index in [2.05, 4.69) is 9.97 Å². The largest absolute Gasteiger partial charge is 0.393 e. The highest BCUT2D eigenvalue weighted by Crippen LogP contribution is 2.31. The molecule has 4 atom stereocenters. The molecule has 2 aliphatic rings. The van der Waals surface area contributed by atoms with Crippen LogP contribution < -0.4 is 22.8 Å². The third-order valence-electron chi connectivity index (χ3n) is 4.09. The SMILES string of the molecule is Nc1ccn(C2CSC(CO)O2)c(=O)n1.Nc1ccn(C2CSC(CO)O2)c(=O)n1. The number of nitrogens with zero attached hydrogens (tertiary/aromatic N) is 4. The summed E-state index contributed by atoms with van der Waals surface area (Å²) in [4.78, 5) is 30.1. The van der Waals surface area contributed by atoms with Crippen LogP contribution in [0.2, 0.25) is 0 Å². The molecule has 2 aromatic heterocycles. The molecular formula is C16H22N6O6S2. The molecule has 30 heavy (non-hydrogen) atoms. The Morgan fingerprint density at radius 3 is 1.60 bits per heavy atom. The van der Waals surface area contributed by atoms with Crippen molar-refractivity contribution in [3.05, 3.63) is 45.5 Å². The maximum atomic E-state index is 11.4. The third kappa shape index (κ3) is 5.53. The number of ether oxygens (including phenoxy) is 2. The van der Waals surface area contributed by atoms with Gasteiger partial charge in [-0.15, -0.1) is 23.5 Å². The molecule has 0 aromatic carbocycles. The van der Waals surface area contributed by atoms with Gasteiger partial charge in [0.05, 0.1) is 13.2 Å². The zero-order chi connectivity index (χ0) is 21.7. The number of hydrogen-bond acceptors (Lipinski definition) is 12. The van der Waals surface area contributed by atoms with Gasteiger partial charge in [-0.3, -0.25) is 9.13 Å². The van der Waals surface area contributed by atoms with E-state index in [9.17, 15) is 9.59 Å². The highest BCUT2D eigenvalue weighted by Gasteiger charge is 2.28. The van der Waals surface area contributed by atoms with Crippen LogP contribution in [-0.2, 0) is 9.47 Å². The third-order valence-corrected chi connectivity index (χ3v) is 6.31. The van der Waals surface area contributed by atoms with Crippen molar-refractivity contribution < 1.29 is 19.7 Å². The van der Waals surface area contributed by atoms with E-state index < -0.39 is 11.4 Å². The predicted octanol–water partition coefficient (Wildman–Crippen LogP) is -1.19. The molecule has 12 nitrogen and oxygen atoms in total. The normalized spacial score (nSPS) is 25.7. The zero-order valence-electron chi connectivity index (χ0n) is 15.7. The standard InChI is InChI=1S/2C8H11N3O3S/c2*9-5-1-2-11(8(13)10-5)6-4-15-7(3-12)14-6/h2*1-2,6-7,12H,3-4H2,(H2,9,10,13). The average molecular weight is 459 g/mol. The van der Waals surface area contributed by atoms with Gasteiger partial charge in [0.15, 0.2) is 0 Å². The Morgan fingerprint density at radius 2 is 1.30 bits per heavy atom. The Kier molecular flexibility index (Phi) is 7.74. The predicted molar refractivity (Wildman–Crippen MR) is 113 cm³/mol. The summed E-state index contributed by atoms with van der Waals surface area (Å²) in [5.41, 5.74) is 9.35. The smallest absolute Gasteiger partial charge is 0.351 e. The van der Waals surface area contributed by atoms with Gasteiger partial charge in [-0.2, -0.15) is 9.97 Å². The molecule has 4 unspecified atom stereocenters. The highest BCUT2D eigenvalue weighted by atomic mass is 32.2. The summed E-state index contributed by atoms with van der Waals surface area (Å²) in [6.45, 7) is -0.114. The minimum atomic E-state index is -0.431. The first-order valence-electron chi connectivity index (χ1n) is 8.86. The summed E-state index contributed by atoms with van der Waals surface area (Å²) in [5, 5.41) is 17.8. The van der Waals surface area contributed by atoms with Crippen molar-refractivity contribution in [2.45, 2.75) is 23.3 Å². The van der Waals surface area contributed by atoms with E-state index >= 15 is 0 Å². The van der Waals surface area contributed by atoms with Gasteiger partial charge in [-0.1, -0.05) is 0 Å². The molecule has 14 heteroatoms. The van der Waals surface area contributed by atoms with Crippen molar-refractivity contribution in [3.63, 3.8) is 0 Å². The lowest BCUT2D eigenvalue weighted by Crippen LogP contribution is -2.28. The van der Waals surface area contributed by atoms with Crippen molar-refractivity contribution in [2.24, 2.45) is 0 Å². The number of aliphatic hydroxyl groups is 2. The summed E-state index contributed by atoms with van der Waals surface area (Å²) in [6, 6.07) is 3.09. The van der Waals surface area contributed by atoms with Gasteiger partial charge in [-0.25, -0.2) is 9.59 Å². The van der Waals surface area contributed by atoms with Crippen LogP contribution >= 0.6 is 23.5 Å². The second-order valence-electron chi connectivity index (χ2n) is 6.16. The first-order chi connectivity index (χ1) is 14.4. The average Bonchev–Trinajstić information content (AvgIpc) is 3.38. The molecule has 4 heterocycles. The second kappa shape index (κ2) is 10.3. The summed E-state index contributed by atoms with van der Waals surface area (Å²) in [5.74, 6) is 1.63. The first-order valence-corrected chi connectivity index (χ1v) is 11.0. The lowest BCUT2D eigenvalue weighted by atomic mass is 10.5. The van der Waals surface area contributed by atoms with E-state index in [1.165, 1.54) is 32.7 Å². The molecule has 0 bridgehead atoms. The molecule has 0 saturated carbocycles. The summed E-state index contributed by atoms with van der Waals surface area (Å²) < 4.78 is 13.6. The van der Waals surface area contributed by atoms with Gasteiger partial charge in [0.1, 0.15) is 35.0 Å². The molecule has 0 spiro atoms. The van der Waals surface area contributed by atoms with Gasteiger partial charge < -0.3 is 31.2 Å². The van der Waals surface area contributed by atoms with Gasteiger partial charge in [0.2, 0.25) is 0 Å². The Hall–Kier alpha value is -2.10. The number of aromatic nitrogens is 4. The number of thioether (sulfide) groups is 2. The van der Waals surface area contributed by atoms with Crippen molar-refractivity contribution in [2.75, 3.05) is 36.2 Å². The summed E-state index contributed by atoms with van der Waals surface area (Å²) in [7, 11) is 0. The summed E-state index contributed by atoms with van der Waals surface area (Å²) in [6.07, 6.45) is 2.37. The number of anilines is 2. The number of nitrogen functional groups attached to an aromatic ring is 2. The minimum Gasteiger partial charge on any atom is -0.393 e. The fourth-order valence-corrected chi connectivity index (χ4v) is 4.52. The molecule has 2 aliphatic heterocycles. The van der Waals surface area contributed by atoms with Crippen LogP contribution in [0.4, 0.5) is 11.6 Å². The monoisotopic (exact) mass is 458 g/mol. The van der Waals surface area contributed by atoms with Gasteiger partial charge in [0.25, 0.3) is 0 Å². The van der Waals surface area contributed by atoms with Crippen LogP contribution in [0, 0.1) is 0 Å². The van der Waals surface area contributed by atoms with E-state index in [1.807, 2.05) is 0 Å². The molecule has 164 valence electrons. The highest BCUT2D eigenvalue weighted by molar-refractivity contribution is 8.00. The van der Waals surface area contributed by atoms with Gasteiger partial charge in [0, 0.05) is 23.9 Å². The van der Waals surface area contributed by atoms with E-state index in [4.69, 9.17) is 31.2 Å². The molecule has 0 radical (unpaired) electrons. The molecule has 6 N–H and O–H groups in total. The van der Waals surface area contributed by atoms with Crippen molar-refractivity contribution in [1.29, 1.82) is 0 Å². The van der Waals surface area contributed by atoms with E-state index in [-0.39, 0.29) is 48.2 Å². The fourth-order valence-electron chi connectivity index (χ4n) is 2.66. The zero-order valence-corrected chi connectivity index (χ0v) is 17.4. The van der Waals surface area contributed by atoms with Crippen molar-refractivity contribution in [3.8, 4) is 0 Å². The Bertz CT molecular complexity index is 894. The minimum absolute atomic E-state index is 0.0572. The van der Waals surface area contributed by atoms with E-state index in [0.717, 1.165) is 0 Å². The molecule has 2 fully saturated rings. The Morgan fingerprint density at radius 1 is 0.900 bits per heavy atom. The van der Waals surface area contributed by atoms with E-state index in [0.29, 0.717) is 11.5 Å². The number of nitrogens with two attached hydrogens (primary N) is 2. The summed E-state index contributed by atoms with van der Waals surface area (Å²) >= 11 is 2.93. The van der Waals surface area contributed by atoms with Gasteiger partial charge in [-0.05, 0) is 12.1 Å². The van der Waals surface area contributed by atoms with Gasteiger partial charge >= 0.3 is 11.4 Å². The van der Waals surface area contributed by atoms with Crippen LogP contribution in [-0.4, -0.2) is 64.9 Å².